The van der Waals surface area contributed by atoms with Crippen LogP contribution in [0.3, 0.4) is 0 Å². The number of benzene rings is 2. The number of H-pyrrole nitrogens is 1. The van der Waals surface area contributed by atoms with Crippen molar-refractivity contribution < 1.29 is 40.7 Å². The highest BCUT2D eigenvalue weighted by atomic mass is 19.4. The molecule has 0 unspecified atom stereocenters. The molecular weight excluding hydrogens is 884 g/mol. The van der Waals surface area contributed by atoms with Crippen LogP contribution in [0.4, 0.5) is 22.0 Å². The van der Waals surface area contributed by atoms with Crippen LogP contribution in [0.1, 0.15) is 97.1 Å². The quantitative estimate of drug-likeness (QED) is 0.154. The van der Waals surface area contributed by atoms with Gasteiger partial charge < -0.3 is 18.8 Å². The van der Waals surface area contributed by atoms with Crippen LogP contribution in [0.2, 0.25) is 0 Å². The van der Waals surface area contributed by atoms with E-state index in [-0.39, 0.29) is 58.8 Å². The molecule has 1 saturated carbocycles. The van der Waals surface area contributed by atoms with Crippen LogP contribution in [0.15, 0.2) is 87.4 Å². The molecule has 3 aliphatic rings. The van der Waals surface area contributed by atoms with Gasteiger partial charge in [-0.3, -0.25) is 28.1 Å². The Bertz CT molecular complexity index is 3440. The average molecular weight is 925 g/mol. The summed E-state index contributed by atoms with van der Waals surface area (Å²) in [5.74, 6) is -3.76. The minimum atomic E-state index is -5.23. The van der Waals surface area contributed by atoms with Crippen LogP contribution in [0, 0.1) is 11.6 Å². The fourth-order valence-corrected chi connectivity index (χ4v) is 10.2. The van der Waals surface area contributed by atoms with Crippen LogP contribution in [0.5, 0.6) is 5.75 Å². The Morgan fingerprint density at radius 1 is 1.00 bits per heavy atom. The molecule has 8 aromatic rings. The maximum atomic E-state index is 16.1. The number of hydrogen-bond donors (Lipinski definition) is 1. The van der Waals surface area contributed by atoms with Crippen molar-refractivity contribution in [3.8, 4) is 22.9 Å². The minimum absolute atomic E-state index is 0.0151. The molecule has 346 valence electrons. The molecule has 1 amide bonds. The molecule has 8 heterocycles. The molecule has 11 rings (SSSR count). The van der Waals surface area contributed by atoms with E-state index in [0.29, 0.717) is 47.5 Å². The summed E-state index contributed by atoms with van der Waals surface area (Å²) >= 11 is 0. The summed E-state index contributed by atoms with van der Waals surface area (Å²) in [4.78, 5) is 46.6. The van der Waals surface area contributed by atoms with Gasteiger partial charge in [-0.25, -0.2) is 23.1 Å². The number of ether oxygens (including phenoxy) is 2. The van der Waals surface area contributed by atoms with Crippen molar-refractivity contribution in [1.29, 1.82) is 0 Å². The fraction of sp³-hybridized carbons (Fsp3) is 0.348. The number of nitrogens with zero attached hydrogens (tertiary/aromatic N) is 9. The molecular formula is C46H41F5N10O6. The average Bonchev–Trinajstić information content (AvgIpc) is 3.73. The highest BCUT2D eigenvalue weighted by Gasteiger charge is 2.54. The zero-order chi connectivity index (χ0) is 46.9. The van der Waals surface area contributed by atoms with Gasteiger partial charge in [0.1, 0.15) is 5.82 Å². The van der Waals surface area contributed by atoms with Crippen molar-refractivity contribution in [1.82, 2.24) is 48.1 Å². The summed E-state index contributed by atoms with van der Waals surface area (Å²) in [5, 5.41) is 13.1. The number of imidazole rings is 1. The van der Waals surface area contributed by atoms with Crippen LogP contribution in [-0.4, -0.2) is 79.2 Å². The highest BCUT2D eigenvalue weighted by Crippen LogP contribution is 2.54. The van der Waals surface area contributed by atoms with Crippen molar-refractivity contribution in [2.75, 3.05) is 13.2 Å². The second kappa shape index (κ2) is 14.9. The Morgan fingerprint density at radius 2 is 1.79 bits per heavy atom. The molecule has 1 N–H and O–H groups in total. The van der Waals surface area contributed by atoms with Gasteiger partial charge in [0.2, 0.25) is 0 Å². The number of nitrogens with one attached hydrogen (secondary N) is 1. The van der Waals surface area contributed by atoms with Gasteiger partial charge in [0, 0.05) is 68.1 Å². The number of alkyl halides is 3. The molecule has 67 heavy (non-hydrogen) atoms. The van der Waals surface area contributed by atoms with Gasteiger partial charge in [-0.1, -0.05) is 5.16 Å². The smallest absolute Gasteiger partial charge is 0.403 e. The molecule has 16 nitrogen and oxygen atoms in total. The van der Waals surface area contributed by atoms with E-state index in [9.17, 15) is 27.2 Å². The number of aromatic amines is 1. The van der Waals surface area contributed by atoms with Crippen LogP contribution in [-0.2, 0) is 23.6 Å². The summed E-state index contributed by atoms with van der Waals surface area (Å²) in [7, 11) is 1.65. The monoisotopic (exact) mass is 924 g/mol. The Hall–Kier alpha value is -7.29. The van der Waals surface area contributed by atoms with Crippen molar-refractivity contribution >= 4 is 22.3 Å². The summed E-state index contributed by atoms with van der Waals surface area (Å²) in [6, 6.07) is 10.9. The molecule has 2 fully saturated rings. The van der Waals surface area contributed by atoms with E-state index in [1.807, 2.05) is 22.7 Å². The third kappa shape index (κ3) is 6.88. The van der Waals surface area contributed by atoms with Crippen LogP contribution in [0.25, 0.3) is 33.6 Å². The first-order valence-electron chi connectivity index (χ1n) is 21.7. The summed E-state index contributed by atoms with van der Waals surface area (Å²) in [6.45, 7) is 6.60. The number of aryl methyl sites for hydroxylation is 1. The second-order valence-electron chi connectivity index (χ2n) is 18.1. The van der Waals surface area contributed by atoms with Gasteiger partial charge >= 0.3 is 17.8 Å². The Balaban J connectivity index is 1.05. The third-order valence-electron chi connectivity index (χ3n) is 13.5. The van der Waals surface area contributed by atoms with Crippen molar-refractivity contribution in [2.24, 2.45) is 7.05 Å². The number of carbonyl (C=O) groups is 1. The van der Waals surface area contributed by atoms with Gasteiger partial charge in [0.15, 0.2) is 23.2 Å². The van der Waals surface area contributed by atoms with Crippen LogP contribution < -0.4 is 16.2 Å². The van der Waals surface area contributed by atoms with E-state index >= 15 is 9.18 Å². The number of halogens is 5. The first-order valence-corrected chi connectivity index (χ1v) is 21.7. The topological polar surface area (TPSA) is 165 Å². The zero-order valence-electron chi connectivity index (χ0n) is 36.4. The van der Waals surface area contributed by atoms with Crippen molar-refractivity contribution in [2.45, 2.75) is 82.2 Å². The molecule has 0 bridgehead atoms. The molecule has 2 aliphatic heterocycles. The summed E-state index contributed by atoms with van der Waals surface area (Å²) in [5.41, 5.74) is 1.87. The number of carbonyl (C=O) groups excluding carboxylic acids is 1. The predicted molar refractivity (Wildman–Crippen MR) is 229 cm³/mol. The van der Waals surface area contributed by atoms with Crippen molar-refractivity contribution in [3.63, 3.8) is 0 Å². The first kappa shape index (κ1) is 42.4. The minimum Gasteiger partial charge on any atom is -0.403 e. The lowest BCUT2D eigenvalue weighted by molar-refractivity contribution is -0.275. The second-order valence-corrected chi connectivity index (χ2v) is 18.1. The summed E-state index contributed by atoms with van der Waals surface area (Å²) < 4.78 is 93.3. The number of pyridine rings is 1. The fourth-order valence-electron chi connectivity index (χ4n) is 10.2. The molecule has 6 aromatic heterocycles. The first-order chi connectivity index (χ1) is 31.9. The van der Waals surface area contributed by atoms with E-state index in [0.717, 1.165) is 45.2 Å². The van der Waals surface area contributed by atoms with Crippen molar-refractivity contribution in [3.05, 3.63) is 140 Å². The zero-order valence-corrected chi connectivity index (χ0v) is 36.4. The number of amides is 1. The molecule has 2 aromatic carbocycles. The molecule has 0 spiro atoms. The number of rotatable bonds is 8. The Kier molecular flexibility index (Phi) is 9.39. The molecule has 0 radical (unpaired) electrons. The number of fused-ring (bicyclic) bond motifs is 3. The highest BCUT2D eigenvalue weighted by molar-refractivity contribution is 5.98. The molecule has 21 heteroatoms. The van der Waals surface area contributed by atoms with Gasteiger partial charge in [-0.15, -0.1) is 13.2 Å². The van der Waals surface area contributed by atoms with E-state index in [2.05, 4.69) is 39.9 Å². The van der Waals surface area contributed by atoms with Gasteiger partial charge in [0.25, 0.3) is 5.91 Å². The standard InChI is InChI=1S/C46H41F5N10O6/c1-24-36-32(10-15-57(24)40(62)29-20-28-19-25(26-11-18-65-44(2,3)22-26)9-14-58(28)38(29)45(12-13-45)41-53-42(63)67-55-41)54-61(27-5-6-31(47)35(21-27)66-46(49,50)51)39(36)60-17-16-59(43(60)64)34-8-7-33-30(37(34)48)23-52-56(33)4/h5-9,14,16-17,19-21,23-24,26H,10-13,15,18,22H2,1-4H3,(H,53,55,63)/t24-,26-/m0/s1. The lowest BCUT2D eigenvalue weighted by Gasteiger charge is -2.35. The third-order valence-corrected chi connectivity index (χ3v) is 13.5. The maximum Gasteiger partial charge on any atom is 0.573 e. The van der Waals surface area contributed by atoms with E-state index in [1.165, 1.54) is 40.1 Å². The van der Waals surface area contributed by atoms with Gasteiger partial charge in [-0.2, -0.15) is 10.2 Å². The largest absolute Gasteiger partial charge is 0.573 e. The van der Waals surface area contributed by atoms with Gasteiger partial charge in [-0.05, 0) is 100 Å². The van der Waals surface area contributed by atoms with Crippen LogP contribution >= 0.6 is 0 Å². The Labute approximate surface area is 375 Å². The lowest BCUT2D eigenvalue weighted by Crippen LogP contribution is -2.40. The molecule has 1 aliphatic carbocycles. The molecule has 1 saturated heterocycles. The molecule has 2 atom stereocenters. The number of hydrogen-bond acceptors (Lipinski definition) is 9. The maximum absolute atomic E-state index is 16.1. The number of aromatic nitrogens is 9. The predicted octanol–water partition coefficient (Wildman–Crippen LogP) is 7.32. The normalized spacial score (nSPS) is 19.0. The Morgan fingerprint density at radius 3 is 2.52 bits per heavy atom. The lowest BCUT2D eigenvalue weighted by atomic mass is 9.84. The SMILES string of the molecule is C[C@H]1c2c(nn(-c3ccc(F)c(OC(F)(F)F)c3)c2-n2ccn(-c3ccc4c(cnn4C)c3F)c2=O)CCN1C(=O)c1cc2cc([C@H]3CCOC(C)(C)C3)ccn2c1C1(c2noc(=O)[nH]2)CC1. The summed E-state index contributed by atoms with van der Waals surface area (Å²) in [6.07, 6.45) is 3.60. The van der Waals surface area contributed by atoms with E-state index in [1.54, 1.807) is 24.9 Å². The van der Waals surface area contributed by atoms with Gasteiger partial charge in [0.05, 0.1) is 56.8 Å². The van der Waals surface area contributed by atoms with E-state index in [4.69, 9.17) is 14.4 Å². The van der Waals surface area contributed by atoms with E-state index < -0.39 is 46.6 Å².